The molecule has 133 valence electrons. The molecule has 1 fully saturated rings. The maximum atomic E-state index is 4.83. The van der Waals surface area contributed by atoms with Gasteiger partial charge >= 0.3 is 39.3 Å². The van der Waals surface area contributed by atoms with Gasteiger partial charge in [-0.3, -0.25) is 4.99 Å². The number of para-hydroxylation sites is 1. The van der Waals surface area contributed by atoms with E-state index >= 15 is 0 Å². The van der Waals surface area contributed by atoms with Crippen LogP contribution in [0.5, 0.6) is 0 Å². The van der Waals surface area contributed by atoms with Crippen molar-refractivity contribution in [2.75, 3.05) is 20.6 Å². The quantitative estimate of drug-likeness (QED) is 0.386. The molecule has 6 heteroatoms. The van der Waals surface area contributed by atoms with Gasteiger partial charge in [-0.2, -0.15) is 0 Å². The molecule has 0 bridgehead atoms. The molecular weight excluding hydrogens is 465 g/mol. The minimum absolute atomic E-state index is 0.292. The Bertz CT molecular complexity index is 481. The van der Waals surface area contributed by atoms with Gasteiger partial charge in [0.25, 0.3) is 0 Å². The summed E-state index contributed by atoms with van der Waals surface area (Å²) in [7, 11) is 5.46. The van der Waals surface area contributed by atoms with Crippen LogP contribution in [-0.2, 0) is 10.9 Å². The van der Waals surface area contributed by atoms with E-state index in [0.29, 0.717) is 18.0 Å². The Morgan fingerprint density at radius 2 is 1.96 bits per heavy atom. The van der Waals surface area contributed by atoms with Gasteiger partial charge in [0.15, 0.2) is 0 Å². The molecule has 1 aromatic rings. The topological polar surface area (TPSA) is 29.7 Å². The molecule has 0 N–H and O–H groups in total. The molecular formula is C17H26Br2N3Ni. The normalized spacial score (nSPS) is 21.2. The van der Waals surface area contributed by atoms with Crippen LogP contribution in [0.3, 0.4) is 0 Å². The third-order valence-corrected chi connectivity index (χ3v) is 3.72. The van der Waals surface area contributed by atoms with Gasteiger partial charge in [0, 0.05) is 0 Å². The van der Waals surface area contributed by atoms with Crippen LogP contribution in [0.1, 0.15) is 38.2 Å². The van der Waals surface area contributed by atoms with E-state index in [0.717, 1.165) is 18.7 Å². The van der Waals surface area contributed by atoms with Gasteiger partial charge in [0.2, 0.25) is 0 Å². The van der Waals surface area contributed by atoms with Crippen LogP contribution >= 0.6 is 28.5 Å². The van der Waals surface area contributed by atoms with Gasteiger partial charge in [-0.05, 0) is 44.4 Å². The Labute approximate surface area is 161 Å². The molecule has 1 saturated heterocycles. The standard InChI is InChI=1S/C17H26N3.2BrH.Ni/c1-13(2)16-7-5-6-8-17(16)18-11-14-9-10-15(19-14)12-20(3)4;;;/h5-8,11,13-15H,9-10,12H2,1-4H3;2*1H;/q-1;;;+3/p-2. The summed E-state index contributed by atoms with van der Waals surface area (Å²) in [6.45, 7) is 5.47. The molecule has 2 rings (SSSR count). The zero-order valence-corrected chi connectivity index (χ0v) is 18.3. The van der Waals surface area contributed by atoms with E-state index in [-0.39, 0.29) is 0 Å². The summed E-state index contributed by atoms with van der Waals surface area (Å²) < 4.78 is 0. The van der Waals surface area contributed by atoms with Crippen molar-refractivity contribution >= 4 is 40.4 Å². The van der Waals surface area contributed by atoms with Crippen LogP contribution in [0.15, 0.2) is 29.3 Å². The summed E-state index contributed by atoms with van der Waals surface area (Å²) in [4.78, 5) is 6.90. The van der Waals surface area contributed by atoms with Gasteiger partial charge in [-0.25, -0.2) is 0 Å². The average molecular weight is 491 g/mol. The Morgan fingerprint density at radius 1 is 1.30 bits per heavy atom. The second kappa shape index (κ2) is 11.8. The molecule has 2 atom stereocenters. The number of benzene rings is 1. The first-order valence-corrected chi connectivity index (χ1v) is 12.7. The summed E-state index contributed by atoms with van der Waals surface area (Å²) in [6, 6.07) is 9.17. The summed E-state index contributed by atoms with van der Waals surface area (Å²) in [5.41, 5.74) is 2.40. The van der Waals surface area contributed by atoms with E-state index in [9.17, 15) is 0 Å². The monoisotopic (exact) mass is 488 g/mol. The zero-order valence-electron chi connectivity index (χ0n) is 14.2. The van der Waals surface area contributed by atoms with Gasteiger partial charge in [-0.1, -0.05) is 50.9 Å². The SMILES string of the molecule is CC(C)c1ccccc1N=CC1CCC(CN(C)C)[N-]1.[Br][Ni+][Br]. The van der Waals surface area contributed by atoms with Crippen molar-refractivity contribution in [3.8, 4) is 0 Å². The number of hydrogen-bond acceptors (Lipinski definition) is 2. The van der Waals surface area contributed by atoms with Gasteiger partial charge in [0.1, 0.15) is 0 Å². The molecule has 1 aliphatic heterocycles. The molecule has 0 radical (unpaired) electrons. The van der Waals surface area contributed by atoms with Crippen molar-refractivity contribution in [3.05, 3.63) is 35.1 Å². The first kappa shape index (κ1) is 21.3. The molecule has 1 heterocycles. The molecule has 0 aromatic heterocycles. The number of rotatable bonds is 5. The second-order valence-electron chi connectivity index (χ2n) is 6.25. The van der Waals surface area contributed by atoms with Crippen molar-refractivity contribution in [2.45, 2.75) is 44.7 Å². The summed E-state index contributed by atoms with van der Waals surface area (Å²) >= 11 is 6.00. The Balaban J connectivity index is 0.000000816. The number of aliphatic imine (C=N–C) groups is 1. The van der Waals surface area contributed by atoms with Crippen LogP contribution < -0.4 is 0 Å². The Morgan fingerprint density at radius 3 is 2.57 bits per heavy atom. The number of nitrogens with zero attached hydrogens (tertiary/aromatic N) is 3. The van der Waals surface area contributed by atoms with E-state index in [1.807, 2.05) is 6.21 Å². The summed E-state index contributed by atoms with van der Waals surface area (Å²) in [5.74, 6) is 0.505. The summed E-state index contributed by atoms with van der Waals surface area (Å²) in [6.07, 6.45) is 4.35. The minimum atomic E-state index is 0.292. The van der Waals surface area contributed by atoms with Crippen LogP contribution in [0.4, 0.5) is 5.69 Å². The fourth-order valence-electron chi connectivity index (χ4n) is 2.72. The van der Waals surface area contributed by atoms with Crippen LogP contribution in [0, 0.1) is 0 Å². The van der Waals surface area contributed by atoms with Crippen molar-refractivity contribution in [2.24, 2.45) is 4.99 Å². The summed E-state index contributed by atoms with van der Waals surface area (Å²) in [5, 5.41) is 4.83. The number of hydrogen-bond donors (Lipinski definition) is 0. The predicted octanol–water partition coefficient (Wildman–Crippen LogP) is 5.67. The fourth-order valence-corrected chi connectivity index (χ4v) is 2.72. The van der Waals surface area contributed by atoms with Crippen molar-refractivity contribution in [1.82, 2.24) is 4.90 Å². The molecule has 3 nitrogen and oxygen atoms in total. The molecule has 0 saturated carbocycles. The van der Waals surface area contributed by atoms with Gasteiger partial charge < -0.3 is 10.2 Å². The van der Waals surface area contributed by atoms with Gasteiger partial charge in [-0.15, -0.1) is 6.04 Å². The predicted molar refractivity (Wildman–Crippen MR) is 105 cm³/mol. The van der Waals surface area contributed by atoms with Gasteiger partial charge in [0.05, 0.1) is 5.69 Å². The van der Waals surface area contributed by atoms with E-state index in [1.54, 1.807) is 0 Å². The van der Waals surface area contributed by atoms with E-state index in [1.165, 1.54) is 22.9 Å². The Hall–Kier alpha value is 0.264. The molecule has 0 amide bonds. The molecule has 2 unspecified atom stereocenters. The first-order chi connectivity index (χ1) is 11.0. The van der Waals surface area contributed by atoms with E-state index in [4.69, 9.17) is 10.3 Å². The Kier molecular flexibility index (Phi) is 10.9. The fraction of sp³-hybridized carbons (Fsp3) is 0.588. The van der Waals surface area contributed by atoms with Crippen molar-refractivity contribution in [1.29, 1.82) is 0 Å². The second-order valence-corrected chi connectivity index (χ2v) is 11.2. The van der Waals surface area contributed by atoms with E-state index in [2.05, 4.69) is 85.6 Å². The molecule has 1 aliphatic rings. The van der Waals surface area contributed by atoms with Crippen LogP contribution in [-0.4, -0.2) is 43.8 Å². The van der Waals surface area contributed by atoms with Crippen molar-refractivity contribution < 1.29 is 10.9 Å². The number of halogens is 2. The number of likely N-dealkylation sites (N-methyl/N-ethyl adjacent to an activating group) is 1. The average Bonchev–Trinajstić information content (AvgIpc) is 2.93. The third kappa shape index (κ3) is 8.26. The van der Waals surface area contributed by atoms with Crippen LogP contribution in [0.2, 0.25) is 0 Å². The molecule has 23 heavy (non-hydrogen) atoms. The molecule has 0 aliphatic carbocycles. The van der Waals surface area contributed by atoms with Crippen molar-refractivity contribution in [3.63, 3.8) is 0 Å². The zero-order chi connectivity index (χ0) is 17.2. The maximum absolute atomic E-state index is 4.83. The molecule has 1 aromatic carbocycles. The molecule has 0 spiro atoms. The third-order valence-electron chi connectivity index (χ3n) is 3.72. The van der Waals surface area contributed by atoms with Crippen LogP contribution in [0.25, 0.3) is 5.32 Å². The first-order valence-electron chi connectivity index (χ1n) is 7.78. The van der Waals surface area contributed by atoms with E-state index < -0.39 is 0 Å².